The molecule has 11 heteroatoms. The van der Waals surface area contributed by atoms with E-state index in [1.54, 1.807) is 6.07 Å². The fourth-order valence-electron chi connectivity index (χ4n) is 3.33. The fourth-order valence-corrected chi connectivity index (χ4v) is 3.63. The number of carbonyl (C=O) groups excluding carboxylic acids is 1. The summed E-state index contributed by atoms with van der Waals surface area (Å²) in [5.74, 6) is -0.728. The Morgan fingerprint density at radius 1 is 1.25 bits per heavy atom. The van der Waals surface area contributed by atoms with E-state index in [1.165, 1.54) is 25.3 Å². The quantitative estimate of drug-likeness (QED) is 0.530. The standard InChI is InChI=1S/C21H20Cl2F3N3O3/c1-31-29-18-5-3-2-4-17(18)28-19(30)13-8-14(12-6-7-15(22)16(23)9-12)20(27-10-13)32-11-21(24,25)26/h6-10,17H,2-5,11H2,1H3,(H,28,30)/b29-18+/t17-/m1/s1. The molecule has 0 saturated heterocycles. The average molecular weight is 490 g/mol. The molecular formula is C21H20Cl2F3N3O3. The van der Waals surface area contributed by atoms with Gasteiger partial charge in [-0.3, -0.25) is 4.79 Å². The average Bonchev–Trinajstić information content (AvgIpc) is 2.75. The molecule has 3 rings (SSSR count). The zero-order valence-electron chi connectivity index (χ0n) is 17.0. The van der Waals surface area contributed by atoms with Crippen LogP contribution in [0.5, 0.6) is 5.88 Å². The van der Waals surface area contributed by atoms with E-state index in [4.69, 9.17) is 32.8 Å². The number of alkyl halides is 3. The highest BCUT2D eigenvalue weighted by atomic mass is 35.5. The first kappa shape index (κ1) is 24.1. The summed E-state index contributed by atoms with van der Waals surface area (Å²) in [6.45, 7) is -1.53. The van der Waals surface area contributed by atoms with Crippen molar-refractivity contribution in [2.45, 2.75) is 37.9 Å². The van der Waals surface area contributed by atoms with Gasteiger partial charge in [-0.2, -0.15) is 13.2 Å². The van der Waals surface area contributed by atoms with E-state index in [1.807, 2.05) is 0 Å². The van der Waals surface area contributed by atoms with E-state index >= 15 is 0 Å². The lowest BCUT2D eigenvalue weighted by atomic mass is 9.93. The maximum absolute atomic E-state index is 12.9. The van der Waals surface area contributed by atoms with Crippen LogP contribution >= 0.6 is 23.2 Å². The summed E-state index contributed by atoms with van der Waals surface area (Å²) in [7, 11) is 1.44. The third kappa shape index (κ3) is 6.26. The summed E-state index contributed by atoms with van der Waals surface area (Å²) in [5.41, 5.74) is 1.45. The third-order valence-electron chi connectivity index (χ3n) is 4.81. The SMILES string of the molecule is CO/N=C1\CCCC[C@H]1NC(=O)c1cnc(OCC(F)(F)F)c(-c2ccc(Cl)c(Cl)c2)c1. The van der Waals surface area contributed by atoms with Gasteiger partial charge < -0.3 is 14.9 Å². The van der Waals surface area contributed by atoms with Gasteiger partial charge in [-0.25, -0.2) is 4.98 Å². The monoisotopic (exact) mass is 489 g/mol. The van der Waals surface area contributed by atoms with Gasteiger partial charge in [0.05, 0.1) is 27.4 Å². The van der Waals surface area contributed by atoms with Crippen molar-refractivity contribution < 1.29 is 27.5 Å². The van der Waals surface area contributed by atoms with Crippen molar-refractivity contribution in [1.82, 2.24) is 10.3 Å². The van der Waals surface area contributed by atoms with Crippen LogP contribution in [0.15, 0.2) is 35.6 Å². The van der Waals surface area contributed by atoms with Gasteiger partial charge in [-0.15, -0.1) is 0 Å². The lowest BCUT2D eigenvalue weighted by Crippen LogP contribution is -2.42. The molecule has 1 heterocycles. The molecule has 1 atom stereocenters. The highest BCUT2D eigenvalue weighted by Gasteiger charge is 2.30. The number of hydrogen-bond donors (Lipinski definition) is 1. The third-order valence-corrected chi connectivity index (χ3v) is 5.55. The molecular weight excluding hydrogens is 470 g/mol. The van der Waals surface area contributed by atoms with Gasteiger partial charge in [0.25, 0.3) is 5.91 Å². The predicted octanol–water partition coefficient (Wildman–Crippen LogP) is 5.67. The van der Waals surface area contributed by atoms with Crippen LogP contribution in [0.3, 0.4) is 0 Å². The molecule has 1 aliphatic rings. The van der Waals surface area contributed by atoms with Crippen LogP contribution in [0.1, 0.15) is 36.0 Å². The van der Waals surface area contributed by atoms with E-state index in [9.17, 15) is 18.0 Å². The number of hydrogen-bond acceptors (Lipinski definition) is 5. The Morgan fingerprint density at radius 2 is 2.03 bits per heavy atom. The Kier molecular flexibility index (Phi) is 7.84. The van der Waals surface area contributed by atoms with Crippen LogP contribution in [0.25, 0.3) is 11.1 Å². The molecule has 0 radical (unpaired) electrons. The van der Waals surface area contributed by atoms with Crippen molar-refractivity contribution in [2.75, 3.05) is 13.7 Å². The maximum atomic E-state index is 12.9. The lowest BCUT2D eigenvalue weighted by molar-refractivity contribution is -0.154. The number of carbonyl (C=O) groups is 1. The van der Waals surface area contributed by atoms with Crippen molar-refractivity contribution in [1.29, 1.82) is 0 Å². The summed E-state index contributed by atoms with van der Waals surface area (Å²) in [6, 6.07) is 5.62. The smallest absolute Gasteiger partial charge is 0.422 e. The minimum absolute atomic E-state index is 0.146. The topological polar surface area (TPSA) is 72.8 Å². The number of oxime groups is 1. The van der Waals surface area contributed by atoms with E-state index in [0.29, 0.717) is 18.4 Å². The molecule has 1 aromatic carbocycles. The molecule has 1 N–H and O–H groups in total. The van der Waals surface area contributed by atoms with Crippen LogP contribution in [-0.2, 0) is 4.84 Å². The maximum Gasteiger partial charge on any atom is 0.422 e. The molecule has 1 fully saturated rings. The molecule has 32 heavy (non-hydrogen) atoms. The van der Waals surface area contributed by atoms with Gasteiger partial charge in [0.2, 0.25) is 5.88 Å². The molecule has 0 unspecified atom stereocenters. The normalized spacial score (nSPS) is 17.8. The van der Waals surface area contributed by atoms with E-state index < -0.39 is 18.7 Å². The minimum Gasteiger partial charge on any atom is -0.468 e. The van der Waals surface area contributed by atoms with Gasteiger partial charge in [0.1, 0.15) is 7.11 Å². The molecule has 1 aliphatic carbocycles. The van der Waals surface area contributed by atoms with Gasteiger partial charge in [-0.05, 0) is 43.0 Å². The summed E-state index contributed by atoms with van der Waals surface area (Å²) in [5, 5.41) is 7.35. The van der Waals surface area contributed by atoms with Gasteiger partial charge in [0, 0.05) is 11.8 Å². The zero-order valence-corrected chi connectivity index (χ0v) is 18.5. The molecule has 172 valence electrons. The van der Waals surface area contributed by atoms with Crippen LogP contribution in [-0.4, -0.2) is 42.5 Å². The highest BCUT2D eigenvalue weighted by Crippen LogP contribution is 2.34. The van der Waals surface area contributed by atoms with Crippen molar-refractivity contribution in [3.05, 3.63) is 46.1 Å². The Hall–Kier alpha value is -2.52. The molecule has 0 spiro atoms. The first-order valence-electron chi connectivity index (χ1n) is 9.73. The number of rotatable bonds is 6. The summed E-state index contributed by atoms with van der Waals surface area (Å²) < 4.78 is 42.9. The van der Waals surface area contributed by atoms with Gasteiger partial charge >= 0.3 is 6.18 Å². The number of halogens is 5. The summed E-state index contributed by atoms with van der Waals surface area (Å²) >= 11 is 12.0. The zero-order chi connectivity index (χ0) is 23.3. The second-order valence-electron chi connectivity index (χ2n) is 7.15. The molecule has 1 saturated carbocycles. The second-order valence-corrected chi connectivity index (χ2v) is 7.96. The molecule has 1 amide bonds. The Labute approximate surface area is 192 Å². The van der Waals surface area contributed by atoms with Crippen LogP contribution < -0.4 is 10.1 Å². The summed E-state index contributed by atoms with van der Waals surface area (Å²) in [4.78, 5) is 21.7. The number of nitrogens with one attached hydrogen (secondary N) is 1. The number of ether oxygens (including phenoxy) is 1. The Balaban J connectivity index is 1.92. The van der Waals surface area contributed by atoms with Gasteiger partial charge in [0.15, 0.2) is 6.61 Å². The number of amides is 1. The molecule has 1 aromatic heterocycles. The molecule has 0 bridgehead atoms. The number of aromatic nitrogens is 1. The molecule has 6 nitrogen and oxygen atoms in total. The van der Waals surface area contributed by atoms with Crippen molar-refractivity contribution in [2.24, 2.45) is 5.16 Å². The van der Waals surface area contributed by atoms with E-state index in [-0.39, 0.29) is 33.1 Å². The Bertz CT molecular complexity index is 1020. The first-order valence-corrected chi connectivity index (χ1v) is 10.5. The fraction of sp³-hybridized carbons (Fsp3) is 0.381. The van der Waals surface area contributed by atoms with E-state index in [0.717, 1.165) is 24.8 Å². The first-order chi connectivity index (χ1) is 15.2. The molecule has 0 aliphatic heterocycles. The summed E-state index contributed by atoms with van der Waals surface area (Å²) in [6.07, 6.45) is -0.111. The Morgan fingerprint density at radius 3 is 2.72 bits per heavy atom. The van der Waals surface area contributed by atoms with Crippen molar-refractivity contribution in [3.8, 4) is 17.0 Å². The predicted molar refractivity (Wildman–Crippen MR) is 115 cm³/mol. The van der Waals surface area contributed by atoms with Gasteiger partial charge in [-0.1, -0.05) is 40.8 Å². The second kappa shape index (κ2) is 10.4. The van der Waals surface area contributed by atoms with Crippen LogP contribution in [0.2, 0.25) is 10.0 Å². The van der Waals surface area contributed by atoms with Crippen LogP contribution in [0.4, 0.5) is 13.2 Å². The largest absolute Gasteiger partial charge is 0.468 e. The number of pyridine rings is 1. The van der Waals surface area contributed by atoms with Crippen molar-refractivity contribution in [3.63, 3.8) is 0 Å². The van der Waals surface area contributed by atoms with E-state index in [2.05, 4.69) is 15.5 Å². The minimum atomic E-state index is -4.55. The number of nitrogens with zero attached hydrogens (tertiary/aromatic N) is 2. The molecule has 2 aromatic rings. The lowest BCUT2D eigenvalue weighted by Gasteiger charge is -2.24. The van der Waals surface area contributed by atoms with Crippen LogP contribution in [0, 0.1) is 0 Å². The highest BCUT2D eigenvalue weighted by molar-refractivity contribution is 6.42. The number of benzene rings is 1. The van der Waals surface area contributed by atoms with Crippen molar-refractivity contribution >= 4 is 34.8 Å².